The number of hydrogen-bond donors (Lipinski definition) is 1. The Labute approximate surface area is 286 Å². The molecular weight excluding hydrogens is 658 g/mol. The fourth-order valence-corrected chi connectivity index (χ4v) is 7.38. The van der Waals surface area contributed by atoms with Crippen molar-refractivity contribution in [1.29, 1.82) is 0 Å². The molecule has 0 saturated heterocycles. The SMILES string of the molecule is CC(C)(c1ccc(OP(=O)(Oc2ccccc2)Oc2ccccc2)cc1)c1ccc(O[P+](O)(Oc2ccccc2)Oc2ccccc2)cc1. The van der Waals surface area contributed by atoms with Gasteiger partial charge in [-0.1, -0.05) is 111 Å². The summed E-state index contributed by atoms with van der Waals surface area (Å²) in [6.07, 6.45) is 0. The van der Waals surface area contributed by atoms with Crippen molar-refractivity contribution in [2.75, 3.05) is 0 Å². The van der Waals surface area contributed by atoms with Gasteiger partial charge < -0.3 is 13.6 Å². The molecule has 0 bridgehead atoms. The molecule has 6 aromatic carbocycles. The number of para-hydroxylation sites is 4. The molecule has 0 fully saturated rings. The van der Waals surface area contributed by atoms with Gasteiger partial charge in [0.15, 0.2) is 17.2 Å². The van der Waals surface area contributed by atoms with Crippen LogP contribution in [0.25, 0.3) is 0 Å². The summed E-state index contributed by atoms with van der Waals surface area (Å²) >= 11 is 0. The van der Waals surface area contributed by atoms with Crippen LogP contribution in [-0.2, 0) is 9.98 Å². The summed E-state index contributed by atoms with van der Waals surface area (Å²) in [5, 5.41) is 0. The minimum absolute atomic E-state index is 0.318. The molecule has 10 heteroatoms. The second-order valence-corrected chi connectivity index (χ2v) is 14.3. The molecule has 0 radical (unpaired) electrons. The van der Waals surface area contributed by atoms with E-state index in [1.807, 2.05) is 48.5 Å². The van der Waals surface area contributed by atoms with Crippen molar-refractivity contribution in [2.45, 2.75) is 19.3 Å². The van der Waals surface area contributed by atoms with Gasteiger partial charge in [0.1, 0.15) is 17.2 Å². The van der Waals surface area contributed by atoms with Crippen LogP contribution in [0.3, 0.4) is 0 Å². The Morgan fingerprint density at radius 2 is 0.694 bits per heavy atom. The van der Waals surface area contributed by atoms with Crippen molar-refractivity contribution in [1.82, 2.24) is 0 Å². The Morgan fingerprint density at radius 3 is 1.04 bits per heavy atom. The molecule has 1 N–H and O–H groups in total. The molecule has 0 aliphatic heterocycles. The number of rotatable bonds is 14. The van der Waals surface area contributed by atoms with Gasteiger partial charge in [-0.15, -0.1) is 4.89 Å². The normalized spacial score (nSPS) is 11.7. The quantitative estimate of drug-likeness (QED) is 0.113. The zero-order chi connectivity index (χ0) is 34.2. The fraction of sp³-hybridized carbons (Fsp3) is 0.0769. The smallest absolute Gasteiger partial charge is 0.386 e. The van der Waals surface area contributed by atoms with Crippen LogP contribution in [0.1, 0.15) is 25.0 Å². The van der Waals surface area contributed by atoms with Gasteiger partial charge in [-0.25, -0.2) is 13.6 Å². The van der Waals surface area contributed by atoms with Crippen molar-refractivity contribution in [3.05, 3.63) is 181 Å². The predicted octanol–water partition coefficient (Wildman–Crippen LogP) is 10.9. The Balaban J connectivity index is 1.18. The molecule has 6 rings (SSSR count). The van der Waals surface area contributed by atoms with Crippen molar-refractivity contribution in [2.24, 2.45) is 0 Å². The summed E-state index contributed by atoms with van der Waals surface area (Å²) < 4.78 is 48.9. The van der Waals surface area contributed by atoms with E-state index in [2.05, 4.69) is 13.8 Å². The van der Waals surface area contributed by atoms with E-state index in [0.29, 0.717) is 34.5 Å². The monoisotopic (exact) mass is 693 g/mol. The topological polar surface area (TPSA) is 92.7 Å². The van der Waals surface area contributed by atoms with Crippen molar-refractivity contribution >= 4 is 16.0 Å². The van der Waals surface area contributed by atoms with E-state index in [0.717, 1.165) is 11.1 Å². The number of phosphoric acid groups is 1. The van der Waals surface area contributed by atoms with Gasteiger partial charge in [0.2, 0.25) is 0 Å². The molecule has 8 nitrogen and oxygen atoms in total. The minimum atomic E-state index is -4.12. The number of phosphoric ester groups is 1. The van der Waals surface area contributed by atoms with E-state index in [1.54, 1.807) is 121 Å². The highest BCUT2D eigenvalue weighted by Crippen LogP contribution is 2.57. The Hall–Kier alpha value is -5.26. The van der Waals surface area contributed by atoms with Crippen molar-refractivity contribution in [3.63, 3.8) is 0 Å². The Bertz CT molecular complexity index is 1870. The van der Waals surface area contributed by atoms with E-state index in [-0.39, 0.29) is 0 Å². The van der Waals surface area contributed by atoms with Crippen LogP contribution in [0.4, 0.5) is 0 Å². The zero-order valence-electron chi connectivity index (χ0n) is 26.9. The van der Waals surface area contributed by atoms with Crippen LogP contribution >= 0.6 is 16.0 Å². The molecule has 6 aromatic rings. The van der Waals surface area contributed by atoms with Gasteiger partial charge in [-0.05, 0) is 83.9 Å². The molecule has 248 valence electrons. The second kappa shape index (κ2) is 14.9. The van der Waals surface area contributed by atoms with E-state index in [4.69, 9.17) is 27.1 Å². The summed E-state index contributed by atoms with van der Waals surface area (Å²) in [6.45, 7) is 4.17. The molecule has 0 amide bonds. The molecular formula is C39H35O8P2+. The van der Waals surface area contributed by atoms with E-state index < -0.39 is 21.4 Å². The third-order valence-corrected chi connectivity index (χ3v) is 10.1. The maximum absolute atomic E-state index is 13.8. The first-order valence-electron chi connectivity index (χ1n) is 15.5. The first-order chi connectivity index (χ1) is 23.7. The maximum Gasteiger partial charge on any atom is 0.714 e. The lowest BCUT2D eigenvalue weighted by molar-refractivity contribution is 0.255. The summed E-state index contributed by atoms with van der Waals surface area (Å²) in [7, 11) is -7.99. The van der Waals surface area contributed by atoms with Gasteiger partial charge in [0.05, 0.1) is 0 Å². The average Bonchev–Trinajstić information content (AvgIpc) is 3.10. The largest absolute Gasteiger partial charge is 0.714 e. The summed E-state index contributed by atoms with van der Waals surface area (Å²) in [5.41, 5.74) is 1.50. The molecule has 0 heterocycles. The molecule has 0 aliphatic rings. The molecule has 0 aliphatic carbocycles. The van der Waals surface area contributed by atoms with Crippen LogP contribution in [0.5, 0.6) is 34.5 Å². The van der Waals surface area contributed by atoms with Gasteiger partial charge >= 0.3 is 16.0 Å². The standard InChI is InChI=1S/C39H35O8P2/c1-39(2,31-23-27-37(28-24-31)46-48(40,42-33-15-7-3-8-16-33)43-34-17-9-4-10-18-34)32-25-29-38(30-26-32)47-49(41,44-35-19-11-5-12-20-35)45-36-21-13-6-14-22-36/h3-30,40H,1-2H3/q+1. The van der Waals surface area contributed by atoms with Crippen LogP contribution in [0.15, 0.2) is 170 Å². The Morgan fingerprint density at radius 1 is 0.429 bits per heavy atom. The minimum Gasteiger partial charge on any atom is -0.386 e. The molecule has 0 saturated carbocycles. The lowest BCUT2D eigenvalue weighted by Crippen LogP contribution is -2.19. The summed E-state index contributed by atoms with van der Waals surface area (Å²) in [5.74, 6) is 2.22. The highest BCUT2D eigenvalue weighted by Gasteiger charge is 2.50. The molecule has 49 heavy (non-hydrogen) atoms. The predicted molar refractivity (Wildman–Crippen MR) is 191 cm³/mol. The summed E-state index contributed by atoms with van der Waals surface area (Å²) in [4.78, 5) is 11.4. The molecule has 0 atom stereocenters. The van der Waals surface area contributed by atoms with Crippen molar-refractivity contribution < 1.29 is 36.6 Å². The first kappa shape index (κ1) is 33.6. The first-order valence-corrected chi connectivity index (χ1v) is 18.4. The highest BCUT2D eigenvalue weighted by molar-refractivity contribution is 7.56. The maximum atomic E-state index is 13.8. The molecule has 0 aromatic heterocycles. The van der Waals surface area contributed by atoms with E-state index in [9.17, 15) is 9.46 Å². The highest BCUT2D eigenvalue weighted by atomic mass is 31.2. The zero-order valence-corrected chi connectivity index (χ0v) is 28.7. The van der Waals surface area contributed by atoms with Gasteiger partial charge in [-0.2, -0.15) is 4.57 Å². The molecule has 0 unspecified atom stereocenters. The summed E-state index contributed by atoms with van der Waals surface area (Å²) in [6, 6.07) is 49.9. The van der Waals surface area contributed by atoms with E-state index in [1.165, 1.54) is 0 Å². The Kier molecular flexibility index (Phi) is 10.2. The third kappa shape index (κ3) is 9.01. The molecule has 0 spiro atoms. The van der Waals surface area contributed by atoms with Crippen LogP contribution < -0.4 is 27.1 Å². The van der Waals surface area contributed by atoms with Crippen LogP contribution in [-0.4, -0.2) is 4.89 Å². The number of hydrogen-bond acceptors (Lipinski definition) is 8. The lowest BCUT2D eigenvalue weighted by atomic mass is 9.78. The third-order valence-electron chi connectivity index (χ3n) is 7.44. The second-order valence-electron chi connectivity index (χ2n) is 11.4. The van der Waals surface area contributed by atoms with Crippen LogP contribution in [0.2, 0.25) is 0 Å². The lowest BCUT2D eigenvalue weighted by Gasteiger charge is -2.26. The number of benzene rings is 6. The van der Waals surface area contributed by atoms with Gasteiger partial charge in [-0.3, -0.25) is 0 Å². The van der Waals surface area contributed by atoms with Gasteiger partial charge in [0, 0.05) is 5.41 Å². The van der Waals surface area contributed by atoms with E-state index >= 15 is 0 Å². The van der Waals surface area contributed by atoms with Crippen LogP contribution in [0, 0.1) is 0 Å². The fourth-order valence-electron chi connectivity index (χ4n) is 4.86. The van der Waals surface area contributed by atoms with Crippen molar-refractivity contribution in [3.8, 4) is 34.5 Å². The van der Waals surface area contributed by atoms with Gasteiger partial charge in [0.25, 0.3) is 0 Å². The average molecular weight is 694 g/mol.